The van der Waals surface area contributed by atoms with Crippen molar-refractivity contribution in [1.29, 1.82) is 0 Å². The number of benzene rings is 4. The van der Waals surface area contributed by atoms with Gasteiger partial charge in [0.2, 0.25) is 0 Å². The number of rotatable bonds is 10. The molecular formula is C45H47N3O5S. The first-order chi connectivity index (χ1) is 26.4. The Hall–Kier alpha value is -4.41. The van der Waals surface area contributed by atoms with E-state index in [9.17, 15) is 9.90 Å². The number of aliphatic hydroxyl groups excluding tert-OH is 1. The largest absolute Gasteiger partial charge is 0.431 e. The quantitative estimate of drug-likeness (QED) is 0.122. The summed E-state index contributed by atoms with van der Waals surface area (Å²) in [6.45, 7) is 2.13. The van der Waals surface area contributed by atoms with Crippen LogP contribution in [0.15, 0.2) is 119 Å². The second kappa shape index (κ2) is 15.0. The van der Waals surface area contributed by atoms with Gasteiger partial charge in [-0.05, 0) is 79.5 Å². The maximum atomic E-state index is 13.5. The van der Waals surface area contributed by atoms with Crippen molar-refractivity contribution in [3.05, 3.63) is 126 Å². The second-order valence-corrected chi connectivity index (χ2v) is 16.9. The smallest absolute Gasteiger partial charge is 0.319 e. The number of nitrogens with zero attached hydrogens (tertiary/aromatic N) is 1. The van der Waals surface area contributed by atoms with Crippen molar-refractivity contribution in [3.8, 4) is 22.6 Å². The molecule has 5 aromatic rings. The number of carbonyl (C=O) groups excluding carboxylic acids is 1. The highest BCUT2D eigenvalue weighted by molar-refractivity contribution is 7.99. The summed E-state index contributed by atoms with van der Waals surface area (Å²) in [5.41, 5.74) is 6.10. The minimum absolute atomic E-state index is 0.0155. The molecule has 278 valence electrons. The summed E-state index contributed by atoms with van der Waals surface area (Å²) in [5, 5.41) is 16.9. The molecule has 5 fully saturated rings. The van der Waals surface area contributed by atoms with Crippen LogP contribution in [0.2, 0.25) is 0 Å². The van der Waals surface area contributed by atoms with Crippen LogP contribution in [0, 0.1) is 23.7 Å². The van der Waals surface area contributed by atoms with E-state index in [0.717, 1.165) is 76.3 Å². The minimum atomic E-state index is -0.674. The van der Waals surface area contributed by atoms with Crippen molar-refractivity contribution < 1.29 is 23.8 Å². The van der Waals surface area contributed by atoms with Gasteiger partial charge in [-0.2, -0.15) is 0 Å². The van der Waals surface area contributed by atoms with E-state index in [2.05, 4.69) is 29.7 Å². The molecule has 2 heterocycles. The highest BCUT2D eigenvalue weighted by Gasteiger charge is 2.51. The van der Waals surface area contributed by atoms with E-state index in [-0.39, 0.29) is 36.3 Å². The number of amides is 2. The Kier molecular flexibility index (Phi) is 9.82. The fourth-order valence-electron chi connectivity index (χ4n) is 9.83. The second-order valence-electron chi connectivity index (χ2n) is 15.9. The summed E-state index contributed by atoms with van der Waals surface area (Å²) in [5.74, 6) is 3.56. The molecule has 0 unspecified atom stereocenters. The van der Waals surface area contributed by atoms with Gasteiger partial charge in [-0.1, -0.05) is 116 Å². The first-order valence-electron chi connectivity index (χ1n) is 19.3. The Morgan fingerprint density at radius 3 is 2.15 bits per heavy atom. The maximum absolute atomic E-state index is 13.5. The maximum Gasteiger partial charge on any atom is 0.319 e. The number of hydrogen-bond donors (Lipinski definition) is 3. The number of hydrogen-bond acceptors (Lipinski definition) is 7. The third-order valence-electron chi connectivity index (χ3n) is 12.0. The molecule has 8 nitrogen and oxygen atoms in total. The number of nitrogens with one attached hydrogen (secondary N) is 2. The molecule has 4 aliphatic carbocycles. The molecule has 10 rings (SSSR count). The van der Waals surface area contributed by atoms with E-state index in [1.165, 1.54) is 31.0 Å². The normalized spacial score (nSPS) is 28.5. The van der Waals surface area contributed by atoms with Gasteiger partial charge in [0.1, 0.15) is 5.69 Å². The fourth-order valence-corrected chi connectivity index (χ4v) is 10.8. The van der Waals surface area contributed by atoms with Gasteiger partial charge in [-0.3, -0.25) is 0 Å². The topological polar surface area (TPSA) is 106 Å². The molecule has 2 amide bonds. The van der Waals surface area contributed by atoms with Gasteiger partial charge < -0.3 is 29.6 Å². The van der Waals surface area contributed by atoms with Crippen molar-refractivity contribution in [3.63, 3.8) is 0 Å². The van der Waals surface area contributed by atoms with Crippen molar-refractivity contribution in [1.82, 2.24) is 10.3 Å². The van der Waals surface area contributed by atoms with E-state index in [1.54, 1.807) is 0 Å². The first kappa shape index (κ1) is 35.3. The van der Waals surface area contributed by atoms with E-state index in [4.69, 9.17) is 18.9 Å². The number of thioether (sulfide) groups is 1. The van der Waals surface area contributed by atoms with Gasteiger partial charge in [0.05, 0.1) is 18.8 Å². The van der Waals surface area contributed by atoms with Crippen molar-refractivity contribution in [2.45, 2.75) is 81.3 Å². The molecule has 3 N–H and O–H groups in total. The van der Waals surface area contributed by atoms with E-state index < -0.39 is 6.29 Å². The average Bonchev–Trinajstić information content (AvgIpc) is 3.62. The molecule has 54 heavy (non-hydrogen) atoms. The van der Waals surface area contributed by atoms with Gasteiger partial charge >= 0.3 is 6.03 Å². The number of anilines is 1. The Balaban J connectivity index is 0.949. The summed E-state index contributed by atoms with van der Waals surface area (Å²) in [7, 11) is 0. The SMILES string of the molecule is C[C@@H]1[C@H](CSc2nc(-c3ccccc3)c(-c3ccccc3)o2)O[C@H](c2cccc(NC(=O)NC34CC5CC(CC(C5)C3)C4)c2)O[C@@H]1c1ccc(CO)cc1. The van der Waals surface area contributed by atoms with Gasteiger partial charge in [0, 0.05) is 39.6 Å². The van der Waals surface area contributed by atoms with Crippen LogP contribution < -0.4 is 10.6 Å². The molecule has 9 heteroatoms. The van der Waals surface area contributed by atoms with Gasteiger partial charge in [0.15, 0.2) is 12.1 Å². The summed E-state index contributed by atoms with van der Waals surface area (Å²) >= 11 is 1.54. The molecule has 4 saturated carbocycles. The molecule has 1 saturated heterocycles. The van der Waals surface area contributed by atoms with Crippen LogP contribution >= 0.6 is 11.8 Å². The number of aliphatic hydroxyl groups is 1. The van der Waals surface area contributed by atoms with E-state index in [0.29, 0.717) is 16.7 Å². The predicted octanol–water partition coefficient (Wildman–Crippen LogP) is 10.2. The molecule has 4 atom stereocenters. The van der Waals surface area contributed by atoms with Crippen LogP contribution in [0.25, 0.3) is 22.6 Å². The molecule has 0 radical (unpaired) electrons. The standard InChI is InChI=1S/C45H47N3O5S/c1-28-38(27-54-44-47-39(33-9-4-2-5-10-33)41(53-44)34-11-6-3-7-12-34)51-42(52-40(28)35-17-15-29(26-49)16-18-35)36-13-8-14-37(22-36)46-43(50)48-45-23-30-19-31(24-45)21-32(20-30)25-45/h2-18,22,28,30-32,38,40,42,49H,19-21,23-27H2,1H3,(H2,46,48,50)/t28-,30?,31?,32?,38+,40+,42+,45?/m1/s1. The van der Waals surface area contributed by atoms with Gasteiger partial charge in [0.25, 0.3) is 5.22 Å². The van der Waals surface area contributed by atoms with Crippen LogP contribution in [-0.2, 0) is 16.1 Å². The highest BCUT2D eigenvalue weighted by Crippen LogP contribution is 2.55. The molecule has 4 bridgehead atoms. The monoisotopic (exact) mass is 741 g/mol. The molecule has 1 aliphatic heterocycles. The number of ether oxygens (including phenoxy) is 2. The zero-order chi connectivity index (χ0) is 36.6. The summed E-state index contributed by atoms with van der Waals surface area (Å²) in [6, 6.07) is 35.8. The fraction of sp³-hybridized carbons (Fsp3) is 0.378. The molecule has 1 aromatic heterocycles. The Morgan fingerprint density at radius 1 is 0.815 bits per heavy atom. The van der Waals surface area contributed by atoms with E-state index >= 15 is 0 Å². The van der Waals surface area contributed by atoms with Crippen LogP contribution in [0.5, 0.6) is 0 Å². The number of urea groups is 1. The average molecular weight is 742 g/mol. The molecule has 4 aromatic carbocycles. The lowest BCUT2D eigenvalue weighted by Gasteiger charge is -2.56. The zero-order valence-corrected chi connectivity index (χ0v) is 31.3. The van der Waals surface area contributed by atoms with Crippen LogP contribution in [0.1, 0.15) is 74.5 Å². The third-order valence-corrected chi connectivity index (χ3v) is 12.9. The van der Waals surface area contributed by atoms with Crippen molar-refractivity contribution in [2.24, 2.45) is 23.7 Å². The summed E-state index contributed by atoms with van der Waals surface area (Å²) < 4.78 is 20.0. The molecule has 0 spiro atoms. The van der Waals surface area contributed by atoms with Gasteiger partial charge in [-0.15, -0.1) is 0 Å². The summed E-state index contributed by atoms with van der Waals surface area (Å²) in [6.07, 6.45) is 6.12. The van der Waals surface area contributed by atoms with Crippen LogP contribution in [0.3, 0.4) is 0 Å². The lowest BCUT2D eigenvalue weighted by Crippen LogP contribution is -2.60. The number of aromatic nitrogens is 1. The van der Waals surface area contributed by atoms with Crippen LogP contribution in [-0.4, -0.2) is 33.5 Å². The van der Waals surface area contributed by atoms with Crippen LogP contribution in [0.4, 0.5) is 10.5 Å². The number of carbonyl (C=O) groups is 1. The zero-order valence-electron chi connectivity index (χ0n) is 30.5. The van der Waals surface area contributed by atoms with Crippen molar-refractivity contribution in [2.75, 3.05) is 11.1 Å². The third kappa shape index (κ3) is 7.35. The Labute approximate surface area is 321 Å². The predicted molar refractivity (Wildman–Crippen MR) is 211 cm³/mol. The Morgan fingerprint density at radius 2 is 1.48 bits per heavy atom. The van der Waals surface area contributed by atoms with E-state index in [1.807, 2.05) is 97.1 Å². The van der Waals surface area contributed by atoms with Crippen molar-refractivity contribution >= 4 is 23.5 Å². The number of oxazole rings is 1. The Bertz CT molecular complexity index is 1980. The summed E-state index contributed by atoms with van der Waals surface area (Å²) in [4.78, 5) is 18.5. The minimum Gasteiger partial charge on any atom is -0.431 e. The lowest BCUT2D eigenvalue weighted by atomic mass is 9.53. The highest BCUT2D eigenvalue weighted by atomic mass is 32.2. The molecule has 5 aliphatic rings. The van der Waals surface area contributed by atoms with Gasteiger partial charge in [-0.25, -0.2) is 9.78 Å². The molecular weight excluding hydrogens is 695 g/mol. The first-order valence-corrected chi connectivity index (χ1v) is 20.3. The lowest BCUT2D eigenvalue weighted by molar-refractivity contribution is -0.268.